The number of carbonyl (C=O) groups is 1. The first-order valence-electron chi connectivity index (χ1n) is 10.8. The number of nitrogens with one attached hydrogen (secondary N) is 1. The first-order chi connectivity index (χ1) is 15.8. The minimum atomic E-state index is -0.287. The zero-order chi connectivity index (χ0) is 22.0. The van der Waals surface area contributed by atoms with Gasteiger partial charge >= 0.3 is 0 Å². The van der Waals surface area contributed by atoms with Crippen LogP contribution in [-0.4, -0.2) is 30.6 Å². The number of pyridine rings is 1. The van der Waals surface area contributed by atoms with Gasteiger partial charge in [-0.05, 0) is 29.7 Å². The van der Waals surface area contributed by atoms with Crippen molar-refractivity contribution >= 4 is 16.8 Å². The van der Waals surface area contributed by atoms with E-state index in [-0.39, 0.29) is 18.6 Å². The quantitative estimate of drug-likeness (QED) is 0.366. The molecule has 0 radical (unpaired) electrons. The highest BCUT2D eigenvalue weighted by molar-refractivity contribution is 5.84. The van der Waals surface area contributed by atoms with Crippen LogP contribution in [-0.2, 0) is 9.53 Å². The Kier molecular flexibility index (Phi) is 7.45. The maximum Gasteiger partial charge on any atom is 0.246 e. The number of nitrogens with zero attached hydrogens (tertiary/aromatic N) is 1. The Labute approximate surface area is 188 Å². The highest BCUT2D eigenvalue weighted by atomic mass is 16.5. The van der Waals surface area contributed by atoms with Gasteiger partial charge in [0.2, 0.25) is 5.91 Å². The van der Waals surface area contributed by atoms with Crippen molar-refractivity contribution in [2.75, 3.05) is 19.8 Å². The van der Waals surface area contributed by atoms with Crippen LogP contribution < -0.4 is 10.1 Å². The number of benzene rings is 3. The minimum Gasteiger partial charge on any atom is -0.491 e. The second-order valence-corrected chi connectivity index (χ2v) is 7.40. The molecule has 32 heavy (non-hydrogen) atoms. The van der Waals surface area contributed by atoms with E-state index in [1.807, 2.05) is 91.0 Å². The Morgan fingerprint density at radius 1 is 0.844 bits per heavy atom. The minimum absolute atomic E-state index is 0.0114. The van der Waals surface area contributed by atoms with Crippen LogP contribution in [0, 0.1) is 0 Å². The van der Waals surface area contributed by atoms with Gasteiger partial charge in [-0.25, -0.2) is 0 Å². The molecular formula is C27H26N2O3. The lowest BCUT2D eigenvalue weighted by molar-refractivity contribution is -0.127. The third-order valence-corrected chi connectivity index (χ3v) is 5.08. The van der Waals surface area contributed by atoms with E-state index in [1.54, 1.807) is 6.20 Å². The number of carbonyl (C=O) groups excluding carboxylic acids is 1. The van der Waals surface area contributed by atoms with Gasteiger partial charge in [0.05, 0.1) is 6.61 Å². The van der Waals surface area contributed by atoms with Gasteiger partial charge in [0, 0.05) is 18.1 Å². The van der Waals surface area contributed by atoms with Gasteiger partial charge in [-0.2, -0.15) is 0 Å². The summed E-state index contributed by atoms with van der Waals surface area (Å²) >= 11 is 0. The van der Waals surface area contributed by atoms with Crippen molar-refractivity contribution in [3.63, 3.8) is 0 Å². The Morgan fingerprint density at radius 3 is 2.25 bits per heavy atom. The molecule has 0 aliphatic rings. The fourth-order valence-electron chi connectivity index (χ4n) is 3.53. The molecule has 5 heteroatoms. The predicted octanol–water partition coefficient (Wildman–Crippen LogP) is 4.93. The maximum atomic E-state index is 12.3. The van der Waals surface area contributed by atoms with Crippen LogP contribution in [0.15, 0.2) is 97.2 Å². The summed E-state index contributed by atoms with van der Waals surface area (Å²) in [4.78, 5) is 16.7. The monoisotopic (exact) mass is 426 g/mol. The first kappa shape index (κ1) is 21.5. The Balaban J connectivity index is 1.24. The molecule has 3 aromatic carbocycles. The van der Waals surface area contributed by atoms with Gasteiger partial charge in [-0.1, -0.05) is 78.9 Å². The van der Waals surface area contributed by atoms with Gasteiger partial charge < -0.3 is 14.8 Å². The number of rotatable bonds is 10. The molecule has 0 atom stereocenters. The molecule has 0 aliphatic carbocycles. The fourth-order valence-corrected chi connectivity index (χ4v) is 3.53. The Morgan fingerprint density at radius 2 is 1.53 bits per heavy atom. The zero-order valence-electron chi connectivity index (χ0n) is 17.8. The molecule has 4 rings (SSSR count). The molecule has 1 N–H and O–H groups in total. The lowest BCUT2D eigenvalue weighted by atomic mass is 10.0. The van der Waals surface area contributed by atoms with Crippen molar-refractivity contribution in [2.24, 2.45) is 0 Å². The average molecular weight is 427 g/mol. The zero-order valence-corrected chi connectivity index (χ0v) is 17.8. The SMILES string of the molecule is O=C(COC(c1ccccc1)c1ccccc1)NCCCOc1cccc2cccnc12. The fraction of sp³-hybridized carbons (Fsp3) is 0.185. The molecule has 0 bridgehead atoms. The second kappa shape index (κ2) is 11.1. The average Bonchev–Trinajstić information content (AvgIpc) is 2.85. The molecule has 0 spiro atoms. The van der Waals surface area contributed by atoms with E-state index >= 15 is 0 Å². The topological polar surface area (TPSA) is 60.5 Å². The number of hydrogen-bond donors (Lipinski definition) is 1. The third-order valence-electron chi connectivity index (χ3n) is 5.08. The highest BCUT2D eigenvalue weighted by Gasteiger charge is 2.16. The highest BCUT2D eigenvalue weighted by Crippen LogP contribution is 2.25. The molecule has 0 saturated heterocycles. The smallest absolute Gasteiger partial charge is 0.246 e. The van der Waals surface area contributed by atoms with E-state index in [0.29, 0.717) is 19.6 Å². The van der Waals surface area contributed by atoms with Crippen LogP contribution in [0.3, 0.4) is 0 Å². The third kappa shape index (κ3) is 5.71. The summed E-state index contributed by atoms with van der Waals surface area (Å²) in [5.41, 5.74) is 2.88. The molecule has 162 valence electrons. The molecular weight excluding hydrogens is 400 g/mol. The van der Waals surface area contributed by atoms with Gasteiger partial charge in [0.25, 0.3) is 0 Å². The van der Waals surface area contributed by atoms with E-state index in [9.17, 15) is 4.79 Å². The van der Waals surface area contributed by atoms with E-state index in [0.717, 1.165) is 27.8 Å². The number of hydrogen-bond acceptors (Lipinski definition) is 4. The van der Waals surface area contributed by atoms with E-state index in [2.05, 4.69) is 10.3 Å². The number of aromatic nitrogens is 1. The molecule has 5 nitrogen and oxygen atoms in total. The summed E-state index contributed by atoms with van der Waals surface area (Å²) in [6.45, 7) is 0.998. The number of fused-ring (bicyclic) bond motifs is 1. The molecule has 1 amide bonds. The van der Waals surface area contributed by atoms with Crippen molar-refractivity contribution in [2.45, 2.75) is 12.5 Å². The van der Waals surface area contributed by atoms with Crippen LogP contribution >= 0.6 is 0 Å². The lowest BCUT2D eigenvalue weighted by Crippen LogP contribution is -2.30. The number of ether oxygens (including phenoxy) is 2. The van der Waals surface area contributed by atoms with Crippen molar-refractivity contribution in [1.29, 1.82) is 0 Å². The van der Waals surface area contributed by atoms with Gasteiger partial charge in [-0.15, -0.1) is 0 Å². The molecule has 1 aromatic heterocycles. The van der Waals surface area contributed by atoms with Crippen LogP contribution in [0.4, 0.5) is 0 Å². The van der Waals surface area contributed by atoms with E-state index in [1.165, 1.54) is 0 Å². The summed E-state index contributed by atoms with van der Waals surface area (Å²) in [6.07, 6.45) is 2.16. The lowest BCUT2D eigenvalue weighted by Gasteiger charge is -2.19. The van der Waals surface area contributed by atoms with Crippen molar-refractivity contribution in [1.82, 2.24) is 10.3 Å². The van der Waals surface area contributed by atoms with Crippen molar-refractivity contribution in [3.8, 4) is 5.75 Å². The summed E-state index contributed by atoms with van der Waals surface area (Å²) in [5.74, 6) is 0.611. The maximum absolute atomic E-state index is 12.3. The Bertz CT molecular complexity index is 1090. The number of amides is 1. The standard InChI is InChI=1S/C27H26N2O3/c30-25(20-32-27(22-10-3-1-4-11-22)23-12-5-2-6-13-23)28-18-9-19-31-24-16-7-14-21-15-8-17-29-26(21)24/h1-8,10-17,27H,9,18-20H2,(H,28,30). The summed E-state index contributed by atoms with van der Waals surface area (Å²) in [5, 5.41) is 3.95. The molecule has 1 heterocycles. The van der Waals surface area contributed by atoms with Crippen molar-refractivity contribution in [3.05, 3.63) is 108 Å². The summed E-state index contributed by atoms with van der Waals surface area (Å²) in [6, 6.07) is 29.6. The molecule has 4 aromatic rings. The van der Waals surface area contributed by atoms with E-state index < -0.39 is 0 Å². The van der Waals surface area contributed by atoms with Crippen molar-refractivity contribution < 1.29 is 14.3 Å². The largest absolute Gasteiger partial charge is 0.491 e. The molecule has 0 aliphatic heterocycles. The summed E-state index contributed by atoms with van der Waals surface area (Å²) in [7, 11) is 0. The Hall–Kier alpha value is -3.70. The van der Waals surface area contributed by atoms with Gasteiger partial charge in [0.1, 0.15) is 24.0 Å². The normalized spacial score (nSPS) is 10.9. The van der Waals surface area contributed by atoms with E-state index in [4.69, 9.17) is 9.47 Å². The second-order valence-electron chi connectivity index (χ2n) is 7.40. The van der Waals surface area contributed by atoms with Crippen LogP contribution in [0.25, 0.3) is 10.9 Å². The first-order valence-corrected chi connectivity index (χ1v) is 10.8. The van der Waals surface area contributed by atoms with Crippen LogP contribution in [0.5, 0.6) is 5.75 Å². The van der Waals surface area contributed by atoms with Crippen LogP contribution in [0.1, 0.15) is 23.7 Å². The predicted molar refractivity (Wildman–Crippen MR) is 126 cm³/mol. The molecule has 0 unspecified atom stereocenters. The van der Waals surface area contributed by atoms with Crippen LogP contribution in [0.2, 0.25) is 0 Å². The molecule has 0 saturated carbocycles. The number of para-hydroxylation sites is 1. The molecule has 0 fully saturated rings. The summed E-state index contributed by atoms with van der Waals surface area (Å²) < 4.78 is 11.9. The van der Waals surface area contributed by atoms with Gasteiger partial charge in [-0.3, -0.25) is 9.78 Å². The van der Waals surface area contributed by atoms with Gasteiger partial charge in [0.15, 0.2) is 0 Å².